The normalized spacial score (nSPS) is 17.3. The van der Waals surface area contributed by atoms with Crippen LogP contribution in [0.5, 0.6) is 0 Å². The summed E-state index contributed by atoms with van der Waals surface area (Å²) in [5.41, 5.74) is 2.77. The lowest BCUT2D eigenvalue weighted by atomic mass is 9.97. The van der Waals surface area contributed by atoms with E-state index in [1.165, 1.54) is 49.8 Å². The molecule has 1 nitrogen and oxygen atoms in total. The number of aryl methyl sites for hydroxylation is 2. The molecule has 1 heterocycles. The van der Waals surface area contributed by atoms with Crippen molar-refractivity contribution in [3.63, 3.8) is 0 Å². The average Bonchev–Trinajstić information content (AvgIpc) is 2.08. The first-order chi connectivity index (χ1) is 6.36. The van der Waals surface area contributed by atoms with Crippen LogP contribution in [-0.4, -0.2) is 4.98 Å². The standard InChI is InChI=1S/C11H14BrN/c12-10-7-9-5-3-1-2-4-6-11(9)13-8-10/h7-8H,1-6H2. The fraction of sp³-hybridized carbons (Fsp3) is 0.545. The van der Waals surface area contributed by atoms with E-state index in [9.17, 15) is 0 Å². The van der Waals surface area contributed by atoms with Crippen molar-refractivity contribution in [2.24, 2.45) is 0 Å². The molecule has 2 rings (SSSR count). The summed E-state index contributed by atoms with van der Waals surface area (Å²) < 4.78 is 1.12. The van der Waals surface area contributed by atoms with Gasteiger partial charge in [0.05, 0.1) is 0 Å². The summed E-state index contributed by atoms with van der Waals surface area (Å²) >= 11 is 3.47. The second-order valence-electron chi connectivity index (χ2n) is 3.67. The maximum Gasteiger partial charge on any atom is 0.0436 e. The van der Waals surface area contributed by atoms with E-state index in [0.717, 1.165) is 4.47 Å². The molecule has 1 aliphatic carbocycles. The number of fused-ring (bicyclic) bond motifs is 1. The quantitative estimate of drug-likeness (QED) is 0.676. The van der Waals surface area contributed by atoms with Crippen LogP contribution in [0.15, 0.2) is 16.7 Å². The molecule has 0 aromatic carbocycles. The Morgan fingerprint density at radius 1 is 1.08 bits per heavy atom. The molecular weight excluding hydrogens is 226 g/mol. The molecular formula is C11H14BrN. The lowest BCUT2D eigenvalue weighted by Crippen LogP contribution is -2.01. The third kappa shape index (κ3) is 2.31. The second kappa shape index (κ2) is 4.23. The van der Waals surface area contributed by atoms with Gasteiger partial charge < -0.3 is 0 Å². The Morgan fingerprint density at radius 3 is 2.69 bits per heavy atom. The van der Waals surface area contributed by atoms with Gasteiger partial charge in [0.25, 0.3) is 0 Å². The topological polar surface area (TPSA) is 12.9 Å². The Kier molecular flexibility index (Phi) is 2.99. The van der Waals surface area contributed by atoms with Gasteiger partial charge in [-0.15, -0.1) is 0 Å². The number of aromatic nitrogens is 1. The zero-order valence-electron chi connectivity index (χ0n) is 7.72. The molecule has 70 valence electrons. The zero-order valence-corrected chi connectivity index (χ0v) is 9.31. The van der Waals surface area contributed by atoms with Gasteiger partial charge in [-0.2, -0.15) is 0 Å². The first-order valence-corrected chi connectivity index (χ1v) is 5.79. The molecule has 0 fully saturated rings. The Bertz CT molecular complexity index is 296. The minimum absolute atomic E-state index is 1.12. The van der Waals surface area contributed by atoms with E-state index in [0.29, 0.717) is 0 Å². The van der Waals surface area contributed by atoms with Crippen molar-refractivity contribution in [3.8, 4) is 0 Å². The van der Waals surface area contributed by atoms with Gasteiger partial charge in [-0.3, -0.25) is 4.98 Å². The van der Waals surface area contributed by atoms with Crippen molar-refractivity contribution in [1.29, 1.82) is 0 Å². The summed E-state index contributed by atoms with van der Waals surface area (Å²) in [7, 11) is 0. The predicted octanol–water partition coefficient (Wildman–Crippen LogP) is 3.50. The summed E-state index contributed by atoms with van der Waals surface area (Å²) in [6.45, 7) is 0. The Hall–Kier alpha value is -0.370. The molecule has 0 bridgehead atoms. The van der Waals surface area contributed by atoms with Crippen LogP contribution in [0.2, 0.25) is 0 Å². The van der Waals surface area contributed by atoms with Crippen LogP contribution in [0.4, 0.5) is 0 Å². The van der Waals surface area contributed by atoms with Crippen molar-refractivity contribution in [2.45, 2.75) is 38.5 Å². The molecule has 0 saturated carbocycles. The van der Waals surface area contributed by atoms with Gasteiger partial charge in [0, 0.05) is 16.4 Å². The van der Waals surface area contributed by atoms with Gasteiger partial charge in [0.2, 0.25) is 0 Å². The van der Waals surface area contributed by atoms with E-state index < -0.39 is 0 Å². The minimum atomic E-state index is 1.12. The molecule has 0 aliphatic heterocycles. The Morgan fingerprint density at radius 2 is 1.85 bits per heavy atom. The van der Waals surface area contributed by atoms with E-state index in [1.807, 2.05) is 6.20 Å². The third-order valence-corrected chi connectivity index (χ3v) is 3.07. The van der Waals surface area contributed by atoms with Crippen molar-refractivity contribution in [1.82, 2.24) is 4.98 Å². The van der Waals surface area contributed by atoms with E-state index in [4.69, 9.17) is 0 Å². The summed E-state index contributed by atoms with van der Waals surface area (Å²) in [6, 6.07) is 2.23. The highest BCUT2D eigenvalue weighted by Crippen LogP contribution is 2.21. The number of halogens is 1. The van der Waals surface area contributed by atoms with E-state index in [-0.39, 0.29) is 0 Å². The Labute approximate surface area is 87.7 Å². The molecule has 0 N–H and O–H groups in total. The molecule has 0 amide bonds. The minimum Gasteiger partial charge on any atom is -0.260 e. The van der Waals surface area contributed by atoms with Gasteiger partial charge in [0.1, 0.15) is 0 Å². The molecule has 0 spiro atoms. The van der Waals surface area contributed by atoms with Gasteiger partial charge in [0.15, 0.2) is 0 Å². The highest BCUT2D eigenvalue weighted by atomic mass is 79.9. The summed E-state index contributed by atoms with van der Waals surface area (Å²) in [5, 5.41) is 0. The zero-order chi connectivity index (χ0) is 9.10. The van der Waals surface area contributed by atoms with E-state index in [1.54, 1.807) is 0 Å². The first-order valence-electron chi connectivity index (χ1n) is 4.99. The van der Waals surface area contributed by atoms with Crippen molar-refractivity contribution in [2.75, 3.05) is 0 Å². The molecule has 1 aliphatic rings. The van der Waals surface area contributed by atoms with E-state index in [2.05, 4.69) is 27.0 Å². The van der Waals surface area contributed by atoms with Gasteiger partial charge in [-0.1, -0.05) is 12.8 Å². The fourth-order valence-corrected chi connectivity index (χ4v) is 2.29. The first kappa shape index (κ1) is 9.20. The van der Waals surface area contributed by atoms with Crippen LogP contribution in [0, 0.1) is 0 Å². The monoisotopic (exact) mass is 239 g/mol. The summed E-state index contributed by atoms with van der Waals surface area (Å²) in [5.74, 6) is 0. The lowest BCUT2D eigenvalue weighted by Gasteiger charge is -2.12. The summed E-state index contributed by atoms with van der Waals surface area (Å²) in [6.07, 6.45) is 9.68. The molecule has 0 saturated heterocycles. The molecule has 0 radical (unpaired) electrons. The predicted molar refractivity (Wildman–Crippen MR) is 57.8 cm³/mol. The van der Waals surface area contributed by atoms with Crippen LogP contribution in [0.3, 0.4) is 0 Å². The van der Waals surface area contributed by atoms with Gasteiger partial charge in [-0.25, -0.2) is 0 Å². The summed E-state index contributed by atoms with van der Waals surface area (Å²) in [4.78, 5) is 4.47. The molecule has 13 heavy (non-hydrogen) atoms. The van der Waals surface area contributed by atoms with Crippen molar-refractivity contribution < 1.29 is 0 Å². The molecule has 0 atom stereocenters. The van der Waals surface area contributed by atoms with Crippen molar-refractivity contribution in [3.05, 3.63) is 28.0 Å². The number of rotatable bonds is 0. The molecule has 1 aromatic rings. The van der Waals surface area contributed by atoms with Gasteiger partial charge in [-0.05, 0) is 53.2 Å². The fourth-order valence-electron chi connectivity index (χ4n) is 1.91. The number of pyridine rings is 1. The van der Waals surface area contributed by atoms with Crippen LogP contribution in [0.25, 0.3) is 0 Å². The SMILES string of the molecule is Brc1cnc2c(c1)CCCCCC2. The highest BCUT2D eigenvalue weighted by molar-refractivity contribution is 9.10. The maximum atomic E-state index is 4.47. The maximum absolute atomic E-state index is 4.47. The smallest absolute Gasteiger partial charge is 0.0436 e. The van der Waals surface area contributed by atoms with Crippen LogP contribution in [0.1, 0.15) is 36.9 Å². The Balaban J connectivity index is 2.28. The largest absolute Gasteiger partial charge is 0.260 e. The molecule has 1 aromatic heterocycles. The highest BCUT2D eigenvalue weighted by Gasteiger charge is 2.07. The lowest BCUT2D eigenvalue weighted by molar-refractivity contribution is 0.608. The second-order valence-corrected chi connectivity index (χ2v) is 4.59. The number of hydrogen-bond acceptors (Lipinski definition) is 1. The molecule has 0 unspecified atom stereocenters. The number of nitrogens with zero attached hydrogens (tertiary/aromatic N) is 1. The average molecular weight is 240 g/mol. The van der Waals surface area contributed by atoms with Crippen LogP contribution in [-0.2, 0) is 12.8 Å². The number of hydrogen-bond donors (Lipinski definition) is 0. The van der Waals surface area contributed by atoms with Crippen LogP contribution >= 0.6 is 15.9 Å². The van der Waals surface area contributed by atoms with Crippen LogP contribution < -0.4 is 0 Å². The van der Waals surface area contributed by atoms with Crippen molar-refractivity contribution >= 4 is 15.9 Å². The van der Waals surface area contributed by atoms with E-state index >= 15 is 0 Å². The third-order valence-electron chi connectivity index (χ3n) is 2.64. The van der Waals surface area contributed by atoms with Gasteiger partial charge >= 0.3 is 0 Å². The molecule has 2 heteroatoms.